The Morgan fingerprint density at radius 1 is 1.35 bits per heavy atom. The lowest BCUT2D eigenvalue weighted by Crippen LogP contribution is -2.69. The van der Waals surface area contributed by atoms with E-state index in [-0.39, 0.29) is 35.4 Å². The summed E-state index contributed by atoms with van der Waals surface area (Å²) in [7, 11) is 5.09. The van der Waals surface area contributed by atoms with Gasteiger partial charge < -0.3 is 14.5 Å². The molecule has 0 bridgehead atoms. The third-order valence-corrected chi connectivity index (χ3v) is 5.01. The Bertz CT molecular complexity index is 419. The van der Waals surface area contributed by atoms with Crippen molar-refractivity contribution in [3.63, 3.8) is 0 Å². The molecule has 5 nitrogen and oxygen atoms in total. The number of ether oxygens (including phenoxy) is 1. The van der Waals surface area contributed by atoms with Crippen molar-refractivity contribution in [1.29, 1.82) is 0 Å². The summed E-state index contributed by atoms with van der Waals surface area (Å²) in [5, 5.41) is 0. The molecule has 0 aromatic rings. The number of rotatable bonds is 5. The number of likely N-dealkylation sites (N-methyl/N-ethyl adjacent to an activating group) is 2. The zero-order valence-corrected chi connectivity index (χ0v) is 13.4. The number of nitrogens with zero attached hydrogens (tertiary/aromatic N) is 2. The van der Waals surface area contributed by atoms with Crippen LogP contribution in [0.4, 0.5) is 0 Å². The highest BCUT2D eigenvalue weighted by atomic mass is 16.5. The molecule has 0 N–H and O–H groups in total. The van der Waals surface area contributed by atoms with Gasteiger partial charge in [-0.25, -0.2) is 0 Å². The minimum Gasteiger partial charge on any atom is -0.378 e. The SMILES string of the molecule is C=CC(=O)N(C)CC(=O)N(C)C1CC(C)(OC)C1(C)C. The van der Waals surface area contributed by atoms with Gasteiger partial charge in [-0.3, -0.25) is 9.59 Å². The fourth-order valence-electron chi connectivity index (χ4n) is 2.80. The molecule has 0 aromatic heterocycles. The van der Waals surface area contributed by atoms with Crippen molar-refractivity contribution in [2.75, 3.05) is 27.7 Å². The topological polar surface area (TPSA) is 49.9 Å². The average molecular weight is 282 g/mol. The highest BCUT2D eigenvalue weighted by Gasteiger charge is 2.59. The second kappa shape index (κ2) is 5.56. The first-order valence-corrected chi connectivity index (χ1v) is 6.79. The van der Waals surface area contributed by atoms with Crippen LogP contribution in [0.1, 0.15) is 27.2 Å². The quantitative estimate of drug-likeness (QED) is 0.714. The third kappa shape index (κ3) is 2.59. The van der Waals surface area contributed by atoms with Crippen LogP contribution in [0, 0.1) is 5.41 Å². The molecule has 1 aliphatic carbocycles. The van der Waals surface area contributed by atoms with Gasteiger partial charge in [0, 0.05) is 32.7 Å². The number of methoxy groups -OCH3 is 1. The van der Waals surface area contributed by atoms with Gasteiger partial charge in [0.05, 0.1) is 12.1 Å². The van der Waals surface area contributed by atoms with Crippen molar-refractivity contribution in [1.82, 2.24) is 9.80 Å². The summed E-state index contributed by atoms with van der Waals surface area (Å²) in [6.45, 7) is 9.76. The fourth-order valence-corrected chi connectivity index (χ4v) is 2.80. The Balaban J connectivity index is 2.68. The van der Waals surface area contributed by atoms with Crippen molar-refractivity contribution in [3.05, 3.63) is 12.7 Å². The van der Waals surface area contributed by atoms with Gasteiger partial charge in [0.2, 0.25) is 11.8 Å². The molecule has 2 atom stereocenters. The zero-order valence-electron chi connectivity index (χ0n) is 13.4. The summed E-state index contributed by atoms with van der Waals surface area (Å²) in [5.74, 6) is -0.319. The third-order valence-electron chi connectivity index (χ3n) is 5.01. The van der Waals surface area contributed by atoms with E-state index < -0.39 is 0 Å². The highest BCUT2D eigenvalue weighted by molar-refractivity contribution is 5.90. The molecule has 0 aromatic carbocycles. The molecule has 1 rings (SSSR count). The van der Waals surface area contributed by atoms with Crippen LogP contribution >= 0.6 is 0 Å². The molecule has 5 heteroatoms. The summed E-state index contributed by atoms with van der Waals surface area (Å²) < 4.78 is 5.57. The van der Waals surface area contributed by atoms with Crippen LogP contribution in [0.15, 0.2) is 12.7 Å². The molecule has 114 valence electrons. The first-order chi connectivity index (χ1) is 9.10. The molecule has 0 heterocycles. The van der Waals surface area contributed by atoms with E-state index in [0.29, 0.717) is 0 Å². The van der Waals surface area contributed by atoms with Crippen molar-refractivity contribution >= 4 is 11.8 Å². The van der Waals surface area contributed by atoms with Crippen molar-refractivity contribution in [2.45, 2.75) is 38.8 Å². The smallest absolute Gasteiger partial charge is 0.246 e. The molecule has 1 aliphatic rings. The summed E-state index contributed by atoms with van der Waals surface area (Å²) >= 11 is 0. The van der Waals surface area contributed by atoms with Gasteiger partial charge in [-0.05, 0) is 19.4 Å². The van der Waals surface area contributed by atoms with E-state index in [4.69, 9.17) is 4.74 Å². The maximum atomic E-state index is 12.3. The molecule has 1 fully saturated rings. The van der Waals surface area contributed by atoms with E-state index in [2.05, 4.69) is 27.4 Å². The molecule has 0 saturated heterocycles. The first kappa shape index (κ1) is 16.7. The Labute approximate surface area is 121 Å². The average Bonchev–Trinajstić information content (AvgIpc) is 2.42. The second-order valence-corrected chi connectivity index (χ2v) is 6.28. The monoisotopic (exact) mass is 282 g/mol. The number of hydrogen-bond acceptors (Lipinski definition) is 3. The number of carbonyl (C=O) groups excluding carboxylic acids is 2. The Kier molecular flexibility index (Phi) is 4.64. The van der Waals surface area contributed by atoms with Crippen LogP contribution in [0.3, 0.4) is 0 Å². The predicted octanol–water partition coefficient (Wildman–Crippen LogP) is 1.29. The van der Waals surface area contributed by atoms with E-state index in [9.17, 15) is 9.59 Å². The Morgan fingerprint density at radius 2 is 1.90 bits per heavy atom. The van der Waals surface area contributed by atoms with Gasteiger partial charge in [0.1, 0.15) is 0 Å². The van der Waals surface area contributed by atoms with Crippen LogP contribution in [0.25, 0.3) is 0 Å². The molecule has 0 radical (unpaired) electrons. The Morgan fingerprint density at radius 3 is 2.30 bits per heavy atom. The first-order valence-electron chi connectivity index (χ1n) is 6.79. The lowest BCUT2D eigenvalue weighted by molar-refractivity contribution is -0.207. The lowest BCUT2D eigenvalue weighted by Gasteiger charge is -2.61. The normalized spacial score (nSPS) is 27.4. The molecule has 20 heavy (non-hydrogen) atoms. The molecule has 1 saturated carbocycles. The fraction of sp³-hybridized carbons (Fsp3) is 0.733. The van der Waals surface area contributed by atoms with Crippen molar-refractivity contribution < 1.29 is 14.3 Å². The van der Waals surface area contributed by atoms with E-state index in [1.165, 1.54) is 11.0 Å². The molecule has 0 spiro atoms. The summed E-state index contributed by atoms with van der Waals surface area (Å²) in [6.07, 6.45) is 2.01. The van der Waals surface area contributed by atoms with E-state index in [1.54, 1.807) is 26.1 Å². The van der Waals surface area contributed by atoms with Gasteiger partial charge in [-0.1, -0.05) is 20.4 Å². The van der Waals surface area contributed by atoms with Crippen molar-refractivity contribution in [3.8, 4) is 0 Å². The minimum atomic E-state index is -0.249. The van der Waals surface area contributed by atoms with Crippen LogP contribution in [0.5, 0.6) is 0 Å². The molecule has 2 amide bonds. The molecular formula is C15H26N2O3. The summed E-state index contributed by atoms with van der Waals surface area (Å²) in [5.41, 5.74) is -0.331. The molecule has 2 unspecified atom stereocenters. The number of carbonyl (C=O) groups is 2. The molecular weight excluding hydrogens is 256 g/mol. The maximum absolute atomic E-state index is 12.3. The van der Waals surface area contributed by atoms with E-state index in [0.717, 1.165) is 6.42 Å². The number of amides is 2. The summed E-state index contributed by atoms with van der Waals surface area (Å²) in [6, 6.07) is 0.118. The van der Waals surface area contributed by atoms with E-state index >= 15 is 0 Å². The van der Waals surface area contributed by atoms with Gasteiger partial charge >= 0.3 is 0 Å². The maximum Gasteiger partial charge on any atom is 0.246 e. The summed E-state index contributed by atoms with van der Waals surface area (Å²) in [4.78, 5) is 26.8. The standard InChI is InChI=1S/C15H26N2O3/c1-8-12(18)16(5)10-13(19)17(6)11-9-15(4,20-7)14(11,2)3/h8,11H,1,9-10H2,2-7H3. The highest BCUT2D eigenvalue weighted by Crippen LogP contribution is 2.53. The minimum absolute atomic E-state index is 0.0671. The zero-order chi connectivity index (χ0) is 15.7. The largest absolute Gasteiger partial charge is 0.378 e. The second-order valence-electron chi connectivity index (χ2n) is 6.28. The van der Waals surface area contributed by atoms with Gasteiger partial charge in [0.25, 0.3) is 0 Å². The van der Waals surface area contributed by atoms with Crippen LogP contribution < -0.4 is 0 Å². The Hall–Kier alpha value is -1.36. The van der Waals surface area contributed by atoms with Crippen LogP contribution in [-0.2, 0) is 14.3 Å². The van der Waals surface area contributed by atoms with Crippen molar-refractivity contribution in [2.24, 2.45) is 5.41 Å². The van der Waals surface area contributed by atoms with Crippen LogP contribution in [-0.4, -0.2) is 61.0 Å². The van der Waals surface area contributed by atoms with Crippen LogP contribution in [0.2, 0.25) is 0 Å². The predicted molar refractivity (Wildman–Crippen MR) is 78.2 cm³/mol. The molecule has 0 aliphatic heterocycles. The van der Waals surface area contributed by atoms with E-state index in [1.807, 2.05) is 0 Å². The van der Waals surface area contributed by atoms with Gasteiger partial charge in [0.15, 0.2) is 0 Å². The number of hydrogen-bond donors (Lipinski definition) is 0. The van der Waals surface area contributed by atoms with Gasteiger partial charge in [-0.15, -0.1) is 0 Å². The lowest BCUT2D eigenvalue weighted by atomic mass is 9.55. The van der Waals surface area contributed by atoms with Gasteiger partial charge in [-0.2, -0.15) is 0 Å².